The maximum absolute atomic E-state index is 2.56. The fraction of sp³-hybridized carbons (Fsp3) is 0.0794. The third kappa shape index (κ3) is 6.47. The molecule has 0 spiro atoms. The third-order valence-electron chi connectivity index (χ3n) is 14.3. The fourth-order valence-electron chi connectivity index (χ4n) is 11.0. The summed E-state index contributed by atoms with van der Waals surface area (Å²) < 4.78 is 2.68. The van der Waals surface area contributed by atoms with Crippen molar-refractivity contribution in [2.45, 2.75) is 31.7 Å². The molecule has 2 aliphatic carbocycles. The summed E-state index contributed by atoms with van der Waals surface area (Å²) in [5.74, 6) is 0. The molecule has 1 atom stereocenters. The SMILES string of the molecule is CC1(C)c2ccccc2-c2ccc(N(c3ccc(-c4ccc5c(c4)N(c4ccccc4)c4ccccc4N5c4ccccc4)cc3)C3C=CC(c4ccc5sc6ccccc6c5c4)=CC3)cc21. The van der Waals surface area contributed by atoms with Gasteiger partial charge in [-0.2, -0.15) is 0 Å². The molecule has 0 bridgehead atoms. The van der Waals surface area contributed by atoms with Crippen LogP contribution in [0.3, 0.4) is 0 Å². The van der Waals surface area contributed by atoms with Crippen LogP contribution in [-0.4, -0.2) is 6.04 Å². The minimum atomic E-state index is -0.103. The van der Waals surface area contributed by atoms with Crippen LogP contribution in [0.5, 0.6) is 0 Å². The van der Waals surface area contributed by atoms with Gasteiger partial charge in [0.15, 0.2) is 0 Å². The fourth-order valence-corrected chi connectivity index (χ4v) is 12.1. The van der Waals surface area contributed by atoms with Crippen LogP contribution < -0.4 is 14.7 Å². The molecule has 9 aromatic carbocycles. The van der Waals surface area contributed by atoms with Crippen molar-refractivity contribution in [2.75, 3.05) is 14.7 Å². The molecule has 0 N–H and O–H groups in total. The van der Waals surface area contributed by atoms with E-state index in [1.165, 1.54) is 76.1 Å². The van der Waals surface area contributed by atoms with Crippen molar-refractivity contribution in [1.29, 1.82) is 0 Å². The minimum Gasteiger partial charge on any atom is -0.334 e. The highest BCUT2D eigenvalue weighted by Gasteiger charge is 2.36. The Morgan fingerprint density at radius 2 is 1.06 bits per heavy atom. The summed E-state index contributed by atoms with van der Waals surface area (Å²) in [6.45, 7) is 4.75. The van der Waals surface area contributed by atoms with E-state index in [1.54, 1.807) is 0 Å². The van der Waals surface area contributed by atoms with Crippen molar-refractivity contribution in [3.8, 4) is 22.3 Å². The van der Waals surface area contributed by atoms with E-state index in [9.17, 15) is 0 Å². The number of hydrogen-bond acceptors (Lipinski definition) is 4. The highest BCUT2D eigenvalue weighted by atomic mass is 32.1. The van der Waals surface area contributed by atoms with Crippen molar-refractivity contribution >= 4 is 82.6 Å². The van der Waals surface area contributed by atoms with Crippen LogP contribution in [0.2, 0.25) is 0 Å². The van der Waals surface area contributed by atoms with Gasteiger partial charge in [0.25, 0.3) is 0 Å². The normalized spacial score (nSPS) is 15.5. The zero-order valence-electron chi connectivity index (χ0n) is 37.5. The Morgan fingerprint density at radius 3 is 1.81 bits per heavy atom. The van der Waals surface area contributed by atoms with Crippen molar-refractivity contribution < 1.29 is 0 Å². The van der Waals surface area contributed by atoms with Gasteiger partial charge in [0.2, 0.25) is 0 Å². The quantitative estimate of drug-likeness (QED) is 0.158. The van der Waals surface area contributed by atoms with Crippen LogP contribution in [0.4, 0.5) is 45.5 Å². The molecule has 320 valence electrons. The highest BCUT2D eigenvalue weighted by molar-refractivity contribution is 7.25. The third-order valence-corrected chi connectivity index (χ3v) is 15.4. The van der Waals surface area contributed by atoms with Crippen LogP contribution in [0.15, 0.2) is 231 Å². The molecule has 10 aromatic rings. The lowest BCUT2D eigenvalue weighted by molar-refractivity contribution is 0.659. The molecular formula is C63H47N3S. The number of thiophene rings is 1. The second kappa shape index (κ2) is 15.6. The first-order valence-electron chi connectivity index (χ1n) is 23.4. The maximum atomic E-state index is 2.56. The van der Waals surface area contributed by atoms with Gasteiger partial charge in [-0.1, -0.05) is 153 Å². The number of anilines is 8. The van der Waals surface area contributed by atoms with Crippen LogP contribution in [-0.2, 0) is 5.41 Å². The van der Waals surface area contributed by atoms with Gasteiger partial charge in [0, 0.05) is 48.3 Å². The van der Waals surface area contributed by atoms with Crippen molar-refractivity contribution in [3.63, 3.8) is 0 Å². The van der Waals surface area contributed by atoms with Gasteiger partial charge in [0.05, 0.1) is 28.8 Å². The summed E-state index contributed by atoms with van der Waals surface area (Å²) in [4.78, 5) is 7.36. The Labute approximate surface area is 396 Å². The Morgan fingerprint density at radius 1 is 0.463 bits per heavy atom. The molecule has 13 rings (SSSR count). The van der Waals surface area contributed by atoms with Crippen molar-refractivity contribution in [1.82, 2.24) is 0 Å². The second-order valence-electron chi connectivity index (χ2n) is 18.5. The van der Waals surface area contributed by atoms with Crippen LogP contribution in [0.1, 0.15) is 37.0 Å². The summed E-state index contributed by atoms with van der Waals surface area (Å²) in [5.41, 5.74) is 19.5. The van der Waals surface area contributed by atoms with Gasteiger partial charge in [-0.05, 0) is 142 Å². The molecule has 1 unspecified atom stereocenters. The smallest absolute Gasteiger partial charge is 0.0709 e. The zero-order chi connectivity index (χ0) is 44.6. The van der Waals surface area contributed by atoms with E-state index in [-0.39, 0.29) is 11.5 Å². The number of allylic oxidation sites excluding steroid dienone is 2. The van der Waals surface area contributed by atoms with Crippen LogP contribution >= 0.6 is 11.3 Å². The maximum Gasteiger partial charge on any atom is 0.0709 e. The Balaban J connectivity index is 0.889. The number of rotatable bonds is 7. The Hall–Kier alpha value is -7.92. The Kier molecular flexibility index (Phi) is 9.19. The molecule has 67 heavy (non-hydrogen) atoms. The average Bonchev–Trinajstić information content (AvgIpc) is 3.87. The van der Waals surface area contributed by atoms with Crippen molar-refractivity contribution in [2.24, 2.45) is 0 Å². The van der Waals surface area contributed by atoms with E-state index in [2.05, 4.69) is 259 Å². The van der Waals surface area contributed by atoms with Gasteiger partial charge in [-0.3, -0.25) is 0 Å². The summed E-state index contributed by atoms with van der Waals surface area (Å²) in [6.07, 6.45) is 8.10. The summed E-state index contributed by atoms with van der Waals surface area (Å²) >= 11 is 1.87. The summed E-state index contributed by atoms with van der Waals surface area (Å²) in [5, 5.41) is 2.67. The standard InChI is InChI=1S/C63H47N3S/c1-63(2)55-21-11-9-19-51(55)52-36-35-50(41-56(52)63)64(48-31-25-42(26-32-48)44-30-38-62-54(39-44)53-20-10-14-24-61(53)67-62)49-33-27-43(28-34-49)45-29-37-59-60(40-45)66(47-17-7-4-8-18-47)58-23-13-12-22-57(58)65(59)46-15-5-3-6-16-46/h3-31,33-41,48H,32H2,1-2H3. The van der Waals surface area contributed by atoms with Gasteiger partial charge < -0.3 is 14.7 Å². The Bertz CT molecular complexity index is 3600. The predicted molar refractivity (Wildman–Crippen MR) is 286 cm³/mol. The first kappa shape index (κ1) is 39.4. The van der Waals surface area contributed by atoms with Gasteiger partial charge in [-0.15, -0.1) is 11.3 Å². The van der Waals surface area contributed by atoms with Crippen LogP contribution in [0, 0.1) is 0 Å². The highest BCUT2D eigenvalue weighted by Crippen LogP contribution is 2.55. The first-order chi connectivity index (χ1) is 33.0. The van der Waals surface area contributed by atoms with Crippen LogP contribution in [0.25, 0.3) is 48.0 Å². The van der Waals surface area contributed by atoms with Gasteiger partial charge >= 0.3 is 0 Å². The first-order valence-corrected chi connectivity index (χ1v) is 24.2. The van der Waals surface area contributed by atoms with E-state index in [0.29, 0.717) is 0 Å². The van der Waals surface area contributed by atoms with E-state index < -0.39 is 0 Å². The monoisotopic (exact) mass is 877 g/mol. The molecule has 4 heteroatoms. The topological polar surface area (TPSA) is 9.72 Å². The number of nitrogens with zero attached hydrogens (tertiary/aromatic N) is 3. The molecular weight excluding hydrogens is 831 g/mol. The molecule has 0 saturated heterocycles. The molecule has 1 aromatic heterocycles. The number of hydrogen-bond donors (Lipinski definition) is 0. The van der Waals surface area contributed by atoms with Gasteiger partial charge in [0.1, 0.15) is 0 Å². The second-order valence-corrected chi connectivity index (χ2v) is 19.6. The predicted octanol–water partition coefficient (Wildman–Crippen LogP) is 17.8. The molecule has 2 heterocycles. The molecule has 0 fully saturated rings. The van der Waals surface area contributed by atoms with E-state index in [1.807, 2.05) is 11.3 Å². The lowest BCUT2D eigenvalue weighted by Crippen LogP contribution is -2.30. The summed E-state index contributed by atoms with van der Waals surface area (Å²) in [6, 6.07) is 78.4. The molecule has 0 amide bonds. The lowest BCUT2D eigenvalue weighted by Gasteiger charge is -2.40. The van der Waals surface area contributed by atoms with Gasteiger partial charge in [-0.25, -0.2) is 0 Å². The van der Waals surface area contributed by atoms with E-state index >= 15 is 0 Å². The largest absolute Gasteiger partial charge is 0.334 e. The molecule has 0 radical (unpaired) electrons. The molecule has 3 aliphatic rings. The minimum absolute atomic E-state index is 0.103. The summed E-state index contributed by atoms with van der Waals surface area (Å²) in [7, 11) is 0. The number of benzene rings is 9. The molecule has 1 aliphatic heterocycles. The average molecular weight is 878 g/mol. The molecule has 0 saturated carbocycles. The lowest BCUT2D eigenvalue weighted by atomic mass is 9.82. The number of fused-ring (bicyclic) bond motifs is 8. The van der Waals surface area contributed by atoms with Crippen molar-refractivity contribution in [3.05, 3.63) is 247 Å². The van der Waals surface area contributed by atoms with E-state index in [0.717, 1.165) is 40.5 Å². The number of para-hydroxylation sites is 4. The van der Waals surface area contributed by atoms with E-state index in [4.69, 9.17) is 0 Å². The molecule has 3 nitrogen and oxygen atoms in total. The zero-order valence-corrected chi connectivity index (χ0v) is 38.3.